The van der Waals surface area contributed by atoms with Gasteiger partial charge in [0.25, 0.3) is 0 Å². The fourth-order valence-electron chi connectivity index (χ4n) is 2.31. The molecule has 5 nitrogen and oxygen atoms in total. The van der Waals surface area contributed by atoms with Crippen LogP contribution in [0.25, 0.3) is 0 Å². The summed E-state index contributed by atoms with van der Waals surface area (Å²) >= 11 is 0. The Morgan fingerprint density at radius 3 is 3.00 bits per heavy atom. The second-order valence-corrected chi connectivity index (χ2v) is 4.98. The van der Waals surface area contributed by atoms with E-state index in [9.17, 15) is 4.79 Å². The van der Waals surface area contributed by atoms with Crippen molar-refractivity contribution in [2.45, 2.75) is 31.6 Å². The van der Waals surface area contributed by atoms with Crippen molar-refractivity contribution in [1.82, 2.24) is 5.32 Å². The highest BCUT2D eigenvalue weighted by Crippen LogP contribution is 2.20. The molecule has 2 atom stereocenters. The van der Waals surface area contributed by atoms with Crippen molar-refractivity contribution in [2.75, 3.05) is 13.2 Å². The number of carbonyl (C=O) groups excluding carboxylic acids is 1. The first kappa shape index (κ1) is 15.5. The summed E-state index contributed by atoms with van der Waals surface area (Å²) in [6.07, 6.45) is 2.87. The predicted octanol–water partition coefficient (Wildman–Crippen LogP) is 1.37. The average molecular weight is 290 g/mol. The smallest absolute Gasteiger partial charge is 0.249 e. The Morgan fingerprint density at radius 2 is 2.29 bits per heavy atom. The summed E-state index contributed by atoms with van der Waals surface area (Å²) in [6.45, 7) is 4.94. The van der Waals surface area contributed by atoms with Crippen LogP contribution in [0.1, 0.15) is 18.4 Å². The molecule has 3 N–H and O–H groups in total. The topological polar surface area (TPSA) is 73.6 Å². The van der Waals surface area contributed by atoms with Crippen LogP contribution in [0.15, 0.2) is 36.9 Å². The number of hydrogen-bond acceptors (Lipinski definition) is 4. The summed E-state index contributed by atoms with van der Waals surface area (Å²) < 4.78 is 11.1. The third-order valence-electron chi connectivity index (χ3n) is 3.45. The predicted molar refractivity (Wildman–Crippen MR) is 80.9 cm³/mol. The minimum Gasteiger partial charge on any atom is -0.489 e. The van der Waals surface area contributed by atoms with E-state index in [4.69, 9.17) is 15.2 Å². The Balaban J connectivity index is 1.88. The van der Waals surface area contributed by atoms with Crippen LogP contribution in [0, 0.1) is 0 Å². The largest absolute Gasteiger partial charge is 0.489 e. The van der Waals surface area contributed by atoms with Gasteiger partial charge in [-0.25, -0.2) is 0 Å². The fourth-order valence-corrected chi connectivity index (χ4v) is 2.31. The minimum absolute atomic E-state index is 0.00367. The van der Waals surface area contributed by atoms with Crippen LogP contribution in [0.4, 0.5) is 0 Å². The van der Waals surface area contributed by atoms with Crippen molar-refractivity contribution in [3.05, 3.63) is 42.5 Å². The van der Waals surface area contributed by atoms with Gasteiger partial charge in [0.1, 0.15) is 18.5 Å². The second-order valence-electron chi connectivity index (χ2n) is 4.98. The van der Waals surface area contributed by atoms with Crippen LogP contribution in [-0.2, 0) is 16.1 Å². The van der Waals surface area contributed by atoms with Gasteiger partial charge in [0.2, 0.25) is 5.91 Å². The normalized spacial score (nSPS) is 21.0. The lowest BCUT2D eigenvalue weighted by atomic mass is 10.1. The van der Waals surface area contributed by atoms with Gasteiger partial charge in [-0.2, -0.15) is 0 Å². The zero-order chi connectivity index (χ0) is 15.1. The molecule has 0 bridgehead atoms. The number of carbonyl (C=O) groups is 1. The van der Waals surface area contributed by atoms with Crippen LogP contribution >= 0.6 is 0 Å². The van der Waals surface area contributed by atoms with Gasteiger partial charge in [0.05, 0.1) is 6.10 Å². The highest BCUT2D eigenvalue weighted by atomic mass is 16.5. The molecule has 1 aliphatic rings. The number of nitrogens with two attached hydrogens (primary N) is 1. The first-order valence-corrected chi connectivity index (χ1v) is 7.19. The van der Waals surface area contributed by atoms with Crippen molar-refractivity contribution >= 4 is 5.91 Å². The van der Waals surface area contributed by atoms with E-state index in [0.717, 1.165) is 24.2 Å². The van der Waals surface area contributed by atoms with Crippen molar-refractivity contribution in [1.29, 1.82) is 0 Å². The molecule has 1 heterocycles. The van der Waals surface area contributed by atoms with Crippen LogP contribution in [0.3, 0.4) is 0 Å². The molecule has 1 aliphatic heterocycles. The SMILES string of the molecule is C=CCOc1ccccc1CNC(=O)[C@@H]1CC[C@H](CN)O1. The molecular formula is C16H22N2O3. The van der Waals surface area contributed by atoms with Gasteiger partial charge < -0.3 is 20.5 Å². The van der Waals surface area contributed by atoms with Crippen LogP contribution < -0.4 is 15.8 Å². The second kappa shape index (κ2) is 7.81. The molecule has 1 fully saturated rings. The zero-order valence-electron chi connectivity index (χ0n) is 12.1. The van der Waals surface area contributed by atoms with Gasteiger partial charge in [-0.15, -0.1) is 0 Å². The Kier molecular flexibility index (Phi) is 5.78. The van der Waals surface area contributed by atoms with Crippen molar-refractivity contribution in [3.8, 4) is 5.75 Å². The molecule has 1 aromatic rings. The maximum Gasteiger partial charge on any atom is 0.249 e. The zero-order valence-corrected chi connectivity index (χ0v) is 12.1. The number of para-hydroxylation sites is 1. The lowest BCUT2D eigenvalue weighted by Crippen LogP contribution is -2.35. The molecular weight excluding hydrogens is 268 g/mol. The van der Waals surface area contributed by atoms with Gasteiger partial charge in [-0.3, -0.25) is 4.79 Å². The molecule has 21 heavy (non-hydrogen) atoms. The number of hydrogen-bond donors (Lipinski definition) is 2. The van der Waals surface area contributed by atoms with E-state index >= 15 is 0 Å². The summed E-state index contributed by atoms with van der Waals surface area (Å²) in [5.74, 6) is 0.661. The first-order valence-electron chi connectivity index (χ1n) is 7.19. The van der Waals surface area contributed by atoms with Gasteiger partial charge >= 0.3 is 0 Å². The maximum absolute atomic E-state index is 12.1. The maximum atomic E-state index is 12.1. The number of nitrogens with one attached hydrogen (secondary N) is 1. The van der Waals surface area contributed by atoms with E-state index in [0.29, 0.717) is 19.7 Å². The summed E-state index contributed by atoms with van der Waals surface area (Å²) in [5.41, 5.74) is 6.48. The standard InChI is InChI=1S/C16H22N2O3/c1-2-9-20-14-6-4-3-5-12(14)11-18-16(19)15-8-7-13(10-17)21-15/h2-6,13,15H,1,7-11,17H2,(H,18,19)/t13-,15+/m1/s1. The molecule has 2 rings (SSSR count). The van der Waals surface area contributed by atoms with Crippen molar-refractivity contribution in [2.24, 2.45) is 5.73 Å². The summed E-state index contributed by atoms with van der Waals surface area (Å²) in [5, 5.41) is 2.89. The summed E-state index contributed by atoms with van der Waals surface area (Å²) in [4.78, 5) is 12.1. The van der Waals surface area contributed by atoms with E-state index < -0.39 is 0 Å². The molecule has 5 heteroatoms. The lowest BCUT2D eigenvalue weighted by Gasteiger charge is -2.14. The van der Waals surface area contributed by atoms with E-state index in [2.05, 4.69) is 11.9 Å². The molecule has 0 spiro atoms. The van der Waals surface area contributed by atoms with Gasteiger partial charge in [0, 0.05) is 18.7 Å². The van der Waals surface area contributed by atoms with E-state index in [-0.39, 0.29) is 18.1 Å². The monoisotopic (exact) mass is 290 g/mol. The highest BCUT2D eigenvalue weighted by molar-refractivity contribution is 5.81. The van der Waals surface area contributed by atoms with Crippen LogP contribution in [-0.4, -0.2) is 31.3 Å². The van der Waals surface area contributed by atoms with Crippen LogP contribution in [0.2, 0.25) is 0 Å². The van der Waals surface area contributed by atoms with Gasteiger partial charge in [0.15, 0.2) is 0 Å². The third kappa shape index (κ3) is 4.31. The lowest BCUT2D eigenvalue weighted by molar-refractivity contribution is -0.132. The Morgan fingerprint density at radius 1 is 1.48 bits per heavy atom. The summed E-state index contributed by atoms with van der Waals surface area (Å²) in [7, 11) is 0. The number of rotatable bonds is 7. The minimum atomic E-state index is -0.389. The quantitative estimate of drug-likeness (QED) is 0.744. The van der Waals surface area contributed by atoms with Crippen molar-refractivity contribution < 1.29 is 14.3 Å². The van der Waals surface area contributed by atoms with Crippen LogP contribution in [0.5, 0.6) is 5.75 Å². The van der Waals surface area contributed by atoms with E-state index in [1.807, 2.05) is 24.3 Å². The molecule has 1 aromatic carbocycles. The Hall–Kier alpha value is -1.85. The molecule has 1 amide bonds. The summed E-state index contributed by atoms with van der Waals surface area (Å²) in [6, 6.07) is 7.62. The molecule has 114 valence electrons. The number of amides is 1. The molecule has 0 aromatic heterocycles. The average Bonchev–Trinajstić information content (AvgIpc) is 3.00. The Bertz CT molecular complexity index is 490. The third-order valence-corrected chi connectivity index (χ3v) is 3.45. The number of ether oxygens (including phenoxy) is 2. The first-order chi connectivity index (χ1) is 10.2. The Labute approximate surface area is 125 Å². The van der Waals surface area contributed by atoms with E-state index in [1.165, 1.54) is 0 Å². The molecule has 0 saturated carbocycles. The van der Waals surface area contributed by atoms with E-state index in [1.54, 1.807) is 6.08 Å². The van der Waals surface area contributed by atoms with Crippen molar-refractivity contribution in [3.63, 3.8) is 0 Å². The molecule has 1 saturated heterocycles. The molecule has 0 unspecified atom stereocenters. The highest BCUT2D eigenvalue weighted by Gasteiger charge is 2.29. The van der Waals surface area contributed by atoms with Gasteiger partial charge in [-0.05, 0) is 18.9 Å². The fraction of sp³-hybridized carbons (Fsp3) is 0.438. The molecule has 0 aliphatic carbocycles. The molecule has 0 radical (unpaired) electrons. The van der Waals surface area contributed by atoms with Gasteiger partial charge in [-0.1, -0.05) is 30.9 Å². The number of benzene rings is 1.